The van der Waals surface area contributed by atoms with Crippen molar-refractivity contribution in [1.29, 1.82) is 0 Å². The molecule has 1 N–H and O–H groups in total. The van der Waals surface area contributed by atoms with Gasteiger partial charge in [0, 0.05) is 5.71 Å². The standard InChI is InChI=1S/C17H13N3OS2/c1-10-15(16(21)19-12-7-3-2-6-11(12)18-10)23-17-20-13-8-4-5-9-14(13)22-17/h2-9,15H,1H3,(H,19,21)/t15-/m1/s1. The van der Waals surface area contributed by atoms with Crippen molar-refractivity contribution in [2.75, 3.05) is 5.32 Å². The van der Waals surface area contributed by atoms with Crippen molar-refractivity contribution in [2.24, 2.45) is 4.99 Å². The lowest BCUT2D eigenvalue weighted by molar-refractivity contribution is -0.114. The van der Waals surface area contributed by atoms with Crippen LogP contribution in [-0.4, -0.2) is 21.9 Å². The number of carbonyl (C=O) groups excluding carboxylic acids is 1. The predicted octanol–water partition coefficient (Wildman–Crippen LogP) is 4.50. The average molecular weight is 339 g/mol. The molecule has 4 rings (SSSR count). The van der Waals surface area contributed by atoms with Crippen LogP contribution in [0, 0.1) is 0 Å². The zero-order valence-corrected chi connectivity index (χ0v) is 13.9. The summed E-state index contributed by atoms with van der Waals surface area (Å²) in [5, 5.41) is 2.59. The van der Waals surface area contributed by atoms with E-state index in [0.717, 1.165) is 31.6 Å². The number of fused-ring (bicyclic) bond motifs is 2. The lowest BCUT2D eigenvalue weighted by Gasteiger charge is -2.11. The number of aliphatic imine (C=N–C) groups is 1. The number of nitrogens with zero attached hydrogens (tertiary/aromatic N) is 2. The molecule has 0 spiro atoms. The van der Waals surface area contributed by atoms with Crippen LogP contribution in [0.2, 0.25) is 0 Å². The molecule has 6 heteroatoms. The van der Waals surface area contributed by atoms with Gasteiger partial charge in [-0.25, -0.2) is 4.98 Å². The van der Waals surface area contributed by atoms with Gasteiger partial charge in [-0.1, -0.05) is 36.0 Å². The first-order valence-electron chi connectivity index (χ1n) is 7.18. The van der Waals surface area contributed by atoms with E-state index in [0.29, 0.717) is 0 Å². The SMILES string of the molecule is CC1=Nc2ccccc2NC(=O)[C@@H]1Sc1nc2ccccc2s1. The second-order valence-electron chi connectivity index (χ2n) is 5.20. The Hall–Kier alpha value is -2.18. The summed E-state index contributed by atoms with van der Waals surface area (Å²) in [6.07, 6.45) is 0. The zero-order valence-electron chi connectivity index (χ0n) is 12.3. The van der Waals surface area contributed by atoms with Crippen LogP contribution in [0.5, 0.6) is 0 Å². The van der Waals surface area contributed by atoms with Crippen molar-refractivity contribution in [3.05, 3.63) is 48.5 Å². The minimum absolute atomic E-state index is 0.0551. The van der Waals surface area contributed by atoms with Crippen LogP contribution in [0.4, 0.5) is 11.4 Å². The van der Waals surface area contributed by atoms with Gasteiger partial charge in [0.2, 0.25) is 5.91 Å². The van der Waals surface area contributed by atoms with Crippen LogP contribution >= 0.6 is 23.1 Å². The Kier molecular flexibility index (Phi) is 3.63. The first kappa shape index (κ1) is 14.4. The molecular formula is C17H13N3OS2. The highest BCUT2D eigenvalue weighted by atomic mass is 32.2. The molecule has 0 aliphatic carbocycles. The van der Waals surface area contributed by atoms with Gasteiger partial charge in [-0.05, 0) is 31.2 Å². The summed E-state index contributed by atoms with van der Waals surface area (Å²) in [4.78, 5) is 21.8. The Morgan fingerprint density at radius 2 is 1.91 bits per heavy atom. The van der Waals surface area contributed by atoms with E-state index in [2.05, 4.69) is 15.3 Å². The number of aromatic nitrogens is 1. The van der Waals surface area contributed by atoms with Crippen molar-refractivity contribution in [3.8, 4) is 0 Å². The zero-order chi connectivity index (χ0) is 15.8. The first-order chi connectivity index (χ1) is 11.2. The van der Waals surface area contributed by atoms with Crippen LogP contribution in [0.3, 0.4) is 0 Å². The quantitative estimate of drug-likeness (QED) is 0.748. The Morgan fingerprint density at radius 3 is 2.78 bits per heavy atom. The van der Waals surface area contributed by atoms with Gasteiger partial charge in [-0.15, -0.1) is 11.3 Å². The van der Waals surface area contributed by atoms with E-state index >= 15 is 0 Å². The maximum Gasteiger partial charge on any atom is 0.243 e. The van der Waals surface area contributed by atoms with Crippen molar-refractivity contribution < 1.29 is 4.79 Å². The van der Waals surface area contributed by atoms with Crippen molar-refractivity contribution in [3.63, 3.8) is 0 Å². The molecule has 2 heterocycles. The van der Waals surface area contributed by atoms with Crippen LogP contribution in [0.25, 0.3) is 10.2 Å². The number of nitrogens with one attached hydrogen (secondary N) is 1. The molecule has 114 valence electrons. The molecule has 3 aromatic rings. The van der Waals surface area contributed by atoms with Crippen LogP contribution in [0.15, 0.2) is 57.9 Å². The fourth-order valence-corrected chi connectivity index (χ4v) is 4.64. The van der Waals surface area contributed by atoms with Crippen LogP contribution in [-0.2, 0) is 4.79 Å². The molecule has 2 aromatic carbocycles. The van der Waals surface area contributed by atoms with Gasteiger partial charge >= 0.3 is 0 Å². The van der Waals surface area contributed by atoms with E-state index < -0.39 is 0 Å². The number of rotatable bonds is 2. The maximum atomic E-state index is 12.6. The Morgan fingerprint density at radius 1 is 1.13 bits per heavy atom. The number of anilines is 1. The Balaban J connectivity index is 1.67. The van der Waals surface area contributed by atoms with E-state index in [-0.39, 0.29) is 11.2 Å². The number of benzene rings is 2. The molecule has 0 saturated heterocycles. The van der Waals surface area contributed by atoms with Gasteiger partial charge in [-0.2, -0.15) is 0 Å². The molecule has 1 aromatic heterocycles. The third kappa shape index (κ3) is 2.75. The number of para-hydroxylation sites is 3. The minimum Gasteiger partial charge on any atom is -0.323 e. The van der Waals surface area contributed by atoms with E-state index in [4.69, 9.17) is 0 Å². The van der Waals surface area contributed by atoms with Gasteiger partial charge < -0.3 is 5.32 Å². The molecule has 0 unspecified atom stereocenters. The van der Waals surface area contributed by atoms with Gasteiger partial charge in [0.05, 0.1) is 21.6 Å². The monoisotopic (exact) mass is 339 g/mol. The molecule has 0 fully saturated rings. The van der Waals surface area contributed by atoms with Crippen LogP contribution in [0.1, 0.15) is 6.92 Å². The van der Waals surface area contributed by atoms with Crippen molar-refractivity contribution >= 4 is 56.3 Å². The van der Waals surface area contributed by atoms with Crippen molar-refractivity contribution in [1.82, 2.24) is 4.98 Å². The maximum absolute atomic E-state index is 12.6. The summed E-state index contributed by atoms with van der Waals surface area (Å²) < 4.78 is 2.01. The highest BCUT2D eigenvalue weighted by molar-refractivity contribution is 8.03. The molecule has 1 amide bonds. The summed E-state index contributed by atoms with van der Waals surface area (Å²) in [5.74, 6) is -0.0551. The lowest BCUT2D eigenvalue weighted by Crippen LogP contribution is -2.29. The Labute approximate surface area is 141 Å². The summed E-state index contributed by atoms with van der Waals surface area (Å²) in [6, 6.07) is 15.6. The highest BCUT2D eigenvalue weighted by Crippen LogP contribution is 2.36. The number of thioether (sulfide) groups is 1. The second-order valence-corrected chi connectivity index (χ2v) is 7.59. The fourth-order valence-electron chi connectivity index (χ4n) is 2.45. The molecule has 0 radical (unpaired) electrons. The first-order valence-corrected chi connectivity index (χ1v) is 8.87. The third-order valence-electron chi connectivity index (χ3n) is 3.57. The Bertz CT molecular complexity index is 899. The molecule has 0 bridgehead atoms. The van der Waals surface area contributed by atoms with Gasteiger partial charge in [0.1, 0.15) is 5.25 Å². The molecule has 1 atom stereocenters. The van der Waals surface area contributed by atoms with Crippen molar-refractivity contribution in [2.45, 2.75) is 16.5 Å². The molecule has 23 heavy (non-hydrogen) atoms. The molecule has 1 aliphatic rings. The average Bonchev–Trinajstić information content (AvgIpc) is 2.91. The summed E-state index contributed by atoms with van der Waals surface area (Å²) in [5.41, 5.74) is 3.30. The minimum atomic E-state index is -0.372. The van der Waals surface area contributed by atoms with Gasteiger partial charge in [0.15, 0.2) is 4.34 Å². The largest absolute Gasteiger partial charge is 0.323 e. The van der Waals surface area contributed by atoms with E-state index in [1.54, 1.807) is 11.3 Å². The van der Waals surface area contributed by atoms with E-state index in [1.807, 2.05) is 55.5 Å². The molecular weight excluding hydrogens is 326 g/mol. The topological polar surface area (TPSA) is 54.4 Å². The van der Waals surface area contributed by atoms with Crippen LogP contribution < -0.4 is 5.32 Å². The highest BCUT2D eigenvalue weighted by Gasteiger charge is 2.27. The second kappa shape index (κ2) is 5.79. The normalized spacial score (nSPS) is 17.3. The lowest BCUT2D eigenvalue weighted by atomic mass is 10.3. The number of amides is 1. The summed E-state index contributed by atoms with van der Waals surface area (Å²) in [7, 11) is 0. The number of hydrogen-bond acceptors (Lipinski definition) is 5. The fraction of sp³-hybridized carbons (Fsp3) is 0.118. The molecule has 0 saturated carbocycles. The van der Waals surface area contributed by atoms with Gasteiger partial charge in [-0.3, -0.25) is 9.79 Å². The van der Waals surface area contributed by atoms with E-state index in [9.17, 15) is 4.79 Å². The number of carbonyl (C=O) groups is 1. The number of hydrogen-bond donors (Lipinski definition) is 1. The summed E-state index contributed by atoms with van der Waals surface area (Å²) in [6.45, 7) is 1.90. The smallest absolute Gasteiger partial charge is 0.243 e. The van der Waals surface area contributed by atoms with Gasteiger partial charge in [0.25, 0.3) is 0 Å². The van der Waals surface area contributed by atoms with E-state index in [1.165, 1.54) is 11.8 Å². The molecule has 4 nitrogen and oxygen atoms in total. The predicted molar refractivity (Wildman–Crippen MR) is 97.1 cm³/mol. The molecule has 1 aliphatic heterocycles. The summed E-state index contributed by atoms with van der Waals surface area (Å²) >= 11 is 3.06. The third-order valence-corrected chi connectivity index (χ3v) is 6.02. The number of thiazole rings is 1.